The predicted octanol–water partition coefficient (Wildman–Crippen LogP) is -0.0774. The summed E-state index contributed by atoms with van der Waals surface area (Å²) in [5, 5.41) is 15.8. The van der Waals surface area contributed by atoms with Gasteiger partial charge < -0.3 is 21.1 Å². The van der Waals surface area contributed by atoms with Gasteiger partial charge in [0.05, 0.1) is 6.54 Å². The summed E-state index contributed by atoms with van der Waals surface area (Å²) >= 11 is 0. The zero-order valence-electron chi connectivity index (χ0n) is 11.4. The molecule has 0 saturated heterocycles. The minimum absolute atomic E-state index is 0.212. The van der Waals surface area contributed by atoms with E-state index in [9.17, 15) is 14.4 Å². The van der Waals surface area contributed by atoms with Crippen molar-refractivity contribution in [1.82, 2.24) is 16.0 Å². The number of nitrogens with one attached hydrogen (secondary N) is 3. The Morgan fingerprint density at radius 3 is 2.40 bits per heavy atom. The molecular weight excluding hydrogens is 262 g/mol. The van der Waals surface area contributed by atoms with Crippen molar-refractivity contribution in [2.45, 2.75) is 25.7 Å². The lowest BCUT2D eigenvalue weighted by atomic mass is 9.89. The third kappa shape index (κ3) is 4.11. The zero-order valence-corrected chi connectivity index (χ0v) is 11.4. The van der Waals surface area contributed by atoms with Crippen LogP contribution >= 0.6 is 0 Å². The molecule has 2 fully saturated rings. The number of carboxylic acid groups (broad SMARTS) is 1. The molecule has 0 aromatic carbocycles. The molecule has 2 aliphatic carbocycles. The molecule has 112 valence electrons. The highest BCUT2D eigenvalue weighted by Gasteiger charge is 2.39. The highest BCUT2D eigenvalue weighted by molar-refractivity contribution is 5.86. The average Bonchev–Trinajstić information content (AvgIpc) is 3.02. The molecule has 20 heavy (non-hydrogen) atoms. The quantitative estimate of drug-likeness (QED) is 0.547. The van der Waals surface area contributed by atoms with Gasteiger partial charge in [0.25, 0.3) is 0 Å². The van der Waals surface area contributed by atoms with Gasteiger partial charge in [-0.1, -0.05) is 6.42 Å². The van der Waals surface area contributed by atoms with Crippen LogP contribution in [0.2, 0.25) is 0 Å². The third-order valence-electron chi connectivity index (χ3n) is 4.26. The van der Waals surface area contributed by atoms with Crippen molar-refractivity contribution in [2.75, 3.05) is 19.6 Å². The number of aliphatic carboxylic acids is 1. The molecule has 0 heterocycles. The van der Waals surface area contributed by atoms with E-state index in [0.29, 0.717) is 12.5 Å². The molecule has 3 amide bonds. The van der Waals surface area contributed by atoms with E-state index in [1.807, 2.05) is 0 Å². The van der Waals surface area contributed by atoms with E-state index in [4.69, 9.17) is 5.11 Å². The van der Waals surface area contributed by atoms with Gasteiger partial charge in [-0.3, -0.25) is 9.59 Å². The van der Waals surface area contributed by atoms with E-state index in [0.717, 1.165) is 11.8 Å². The van der Waals surface area contributed by atoms with Gasteiger partial charge in [-0.05, 0) is 37.0 Å². The number of carbonyl (C=O) groups is 3. The number of fused-ring (bicyclic) bond motifs is 2. The molecule has 2 rings (SSSR count). The summed E-state index contributed by atoms with van der Waals surface area (Å²) in [5.41, 5.74) is 0. The Kier molecular flexibility index (Phi) is 4.81. The molecule has 2 aliphatic rings. The third-order valence-corrected chi connectivity index (χ3v) is 4.26. The van der Waals surface area contributed by atoms with E-state index < -0.39 is 18.4 Å². The van der Waals surface area contributed by atoms with Crippen molar-refractivity contribution in [3.63, 3.8) is 0 Å². The van der Waals surface area contributed by atoms with Crippen molar-refractivity contribution in [1.29, 1.82) is 0 Å². The molecule has 0 aliphatic heterocycles. The lowest BCUT2D eigenvalue weighted by molar-refractivity contribution is -0.137. The van der Waals surface area contributed by atoms with Crippen LogP contribution in [0, 0.1) is 17.8 Å². The lowest BCUT2D eigenvalue weighted by Gasteiger charge is -2.21. The fourth-order valence-corrected chi connectivity index (χ4v) is 3.31. The van der Waals surface area contributed by atoms with Gasteiger partial charge in [-0.25, -0.2) is 4.79 Å². The van der Waals surface area contributed by atoms with E-state index >= 15 is 0 Å². The van der Waals surface area contributed by atoms with Gasteiger partial charge in [-0.2, -0.15) is 0 Å². The Morgan fingerprint density at radius 2 is 1.80 bits per heavy atom. The first-order valence-electron chi connectivity index (χ1n) is 7.04. The molecule has 2 bridgehead atoms. The van der Waals surface area contributed by atoms with Crippen molar-refractivity contribution in [2.24, 2.45) is 17.8 Å². The Bertz CT molecular complexity index is 399. The molecule has 0 radical (unpaired) electrons. The van der Waals surface area contributed by atoms with Gasteiger partial charge in [0, 0.05) is 6.54 Å². The Balaban J connectivity index is 1.56. The first-order valence-corrected chi connectivity index (χ1v) is 7.04. The van der Waals surface area contributed by atoms with Crippen LogP contribution in [-0.2, 0) is 9.59 Å². The molecule has 3 atom stereocenters. The fourth-order valence-electron chi connectivity index (χ4n) is 3.31. The van der Waals surface area contributed by atoms with E-state index in [2.05, 4.69) is 16.0 Å². The maximum atomic E-state index is 11.5. The molecule has 7 heteroatoms. The van der Waals surface area contributed by atoms with Gasteiger partial charge in [0.15, 0.2) is 0 Å². The lowest BCUT2D eigenvalue weighted by Crippen LogP contribution is -2.44. The van der Waals surface area contributed by atoms with Gasteiger partial charge in [0.2, 0.25) is 5.91 Å². The topological polar surface area (TPSA) is 108 Å². The molecule has 0 aromatic rings. The number of hydrogen-bond acceptors (Lipinski definition) is 3. The maximum absolute atomic E-state index is 11.5. The monoisotopic (exact) mass is 283 g/mol. The van der Waals surface area contributed by atoms with Crippen LogP contribution in [0.1, 0.15) is 25.7 Å². The molecule has 7 nitrogen and oxygen atoms in total. The second-order valence-electron chi connectivity index (χ2n) is 5.67. The molecule has 0 spiro atoms. The van der Waals surface area contributed by atoms with Crippen molar-refractivity contribution in [3.05, 3.63) is 0 Å². The Hall–Kier alpha value is -1.79. The number of carbonyl (C=O) groups excluding carboxylic acids is 2. The average molecular weight is 283 g/mol. The van der Waals surface area contributed by atoms with Crippen LogP contribution in [-0.4, -0.2) is 42.6 Å². The van der Waals surface area contributed by atoms with Crippen LogP contribution < -0.4 is 16.0 Å². The molecule has 2 saturated carbocycles. The first-order chi connectivity index (χ1) is 9.54. The SMILES string of the molecule is O=C(O)CNC(=O)CNC(=O)NCC1CC2CCC1C2. The fraction of sp³-hybridized carbons (Fsp3) is 0.769. The normalized spacial score (nSPS) is 27.1. The van der Waals surface area contributed by atoms with Crippen molar-refractivity contribution < 1.29 is 19.5 Å². The second-order valence-corrected chi connectivity index (χ2v) is 5.67. The molecule has 3 unspecified atom stereocenters. The minimum atomic E-state index is -1.11. The largest absolute Gasteiger partial charge is 0.480 e. The van der Waals surface area contributed by atoms with Crippen LogP contribution in [0.15, 0.2) is 0 Å². The highest BCUT2D eigenvalue weighted by atomic mass is 16.4. The van der Waals surface area contributed by atoms with E-state index in [-0.39, 0.29) is 12.6 Å². The Morgan fingerprint density at radius 1 is 1.00 bits per heavy atom. The minimum Gasteiger partial charge on any atom is -0.480 e. The Labute approximate surface area is 117 Å². The van der Waals surface area contributed by atoms with Gasteiger partial charge in [-0.15, -0.1) is 0 Å². The summed E-state index contributed by atoms with van der Waals surface area (Å²) in [6, 6.07) is -0.377. The number of carboxylic acids is 1. The number of hydrogen-bond donors (Lipinski definition) is 4. The van der Waals surface area contributed by atoms with Crippen LogP contribution in [0.25, 0.3) is 0 Å². The summed E-state index contributed by atoms with van der Waals surface area (Å²) in [4.78, 5) is 33.0. The molecule has 0 aromatic heterocycles. The van der Waals surface area contributed by atoms with Gasteiger partial charge in [0.1, 0.15) is 6.54 Å². The summed E-state index contributed by atoms with van der Waals surface area (Å²) < 4.78 is 0. The van der Waals surface area contributed by atoms with Crippen molar-refractivity contribution in [3.8, 4) is 0 Å². The van der Waals surface area contributed by atoms with E-state index in [1.54, 1.807) is 0 Å². The second kappa shape index (κ2) is 6.58. The van der Waals surface area contributed by atoms with Crippen LogP contribution in [0.4, 0.5) is 4.79 Å². The number of urea groups is 1. The summed E-state index contributed by atoms with van der Waals surface area (Å²) in [6.07, 6.45) is 5.10. The summed E-state index contributed by atoms with van der Waals surface area (Å²) in [5.74, 6) is 0.540. The van der Waals surface area contributed by atoms with Crippen LogP contribution in [0.3, 0.4) is 0 Å². The number of rotatable bonds is 6. The molecule has 4 N–H and O–H groups in total. The van der Waals surface area contributed by atoms with Crippen molar-refractivity contribution >= 4 is 17.9 Å². The molecular formula is C13H21N3O4. The van der Waals surface area contributed by atoms with Crippen LogP contribution in [0.5, 0.6) is 0 Å². The predicted molar refractivity (Wildman–Crippen MR) is 71.0 cm³/mol. The first kappa shape index (κ1) is 14.6. The standard InChI is InChI=1S/C13H21N3O4/c17-11(14-7-12(18)19)6-16-13(20)15-5-10-4-8-1-2-9(10)3-8/h8-10H,1-7H2,(H,14,17)(H,18,19)(H2,15,16,20). The highest BCUT2D eigenvalue weighted by Crippen LogP contribution is 2.47. The number of amides is 3. The van der Waals surface area contributed by atoms with E-state index in [1.165, 1.54) is 25.7 Å². The summed E-state index contributed by atoms with van der Waals surface area (Å²) in [7, 11) is 0. The smallest absolute Gasteiger partial charge is 0.322 e. The summed E-state index contributed by atoms with van der Waals surface area (Å²) in [6.45, 7) is 0.00680. The van der Waals surface area contributed by atoms with Gasteiger partial charge >= 0.3 is 12.0 Å². The maximum Gasteiger partial charge on any atom is 0.322 e. The zero-order chi connectivity index (χ0) is 14.5.